The maximum Gasteiger partial charge on any atom is 0.325 e. The Balaban J connectivity index is 1.45. The van der Waals surface area contributed by atoms with Gasteiger partial charge in [-0.25, -0.2) is 4.79 Å². The fourth-order valence-electron chi connectivity index (χ4n) is 4.63. The minimum Gasteiger partial charge on any atom is -0.378 e. The molecule has 1 aromatic rings. The van der Waals surface area contributed by atoms with Crippen LogP contribution in [0.3, 0.4) is 0 Å². The Morgan fingerprint density at radius 2 is 2.00 bits per heavy atom. The molecule has 1 spiro atoms. The van der Waals surface area contributed by atoms with Crippen molar-refractivity contribution in [2.75, 3.05) is 43.1 Å². The number of carbonyl (C=O) groups excluding carboxylic acids is 3. The standard InChI is InChI=1S/C21H28N4O4/c1-15-6-4-5-9-21(15)19(27)25(20(28)23-21)14-18(26)22-16-7-2-3-8-17(16)24-10-12-29-13-11-24/h2-3,7-8,15H,4-6,9-14H2,1H3,(H,22,26)(H,23,28)/t15-,21+/m1/s1. The number of rotatable bonds is 4. The van der Waals surface area contributed by atoms with Gasteiger partial charge in [0.25, 0.3) is 5.91 Å². The lowest BCUT2D eigenvalue weighted by Crippen LogP contribution is -2.54. The third kappa shape index (κ3) is 3.69. The van der Waals surface area contributed by atoms with E-state index in [-0.39, 0.29) is 24.3 Å². The molecule has 0 radical (unpaired) electrons. The van der Waals surface area contributed by atoms with Crippen LogP contribution >= 0.6 is 0 Å². The molecule has 2 heterocycles. The van der Waals surface area contributed by atoms with Crippen LogP contribution in [0.1, 0.15) is 32.6 Å². The van der Waals surface area contributed by atoms with Gasteiger partial charge in [-0.05, 0) is 30.9 Å². The third-order valence-corrected chi connectivity index (χ3v) is 6.33. The summed E-state index contributed by atoms with van der Waals surface area (Å²) < 4.78 is 5.40. The van der Waals surface area contributed by atoms with Crippen molar-refractivity contribution in [3.63, 3.8) is 0 Å². The number of hydrogen-bond donors (Lipinski definition) is 2. The van der Waals surface area contributed by atoms with Crippen molar-refractivity contribution < 1.29 is 19.1 Å². The minimum absolute atomic E-state index is 0.0720. The molecule has 1 aliphatic carbocycles. The van der Waals surface area contributed by atoms with Gasteiger partial charge >= 0.3 is 6.03 Å². The number of urea groups is 1. The van der Waals surface area contributed by atoms with Crippen molar-refractivity contribution in [1.82, 2.24) is 10.2 Å². The van der Waals surface area contributed by atoms with Crippen LogP contribution in [0.25, 0.3) is 0 Å². The first kappa shape index (κ1) is 19.7. The van der Waals surface area contributed by atoms with Gasteiger partial charge in [-0.1, -0.05) is 31.9 Å². The summed E-state index contributed by atoms with van der Waals surface area (Å²) >= 11 is 0. The summed E-state index contributed by atoms with van der Waals surface area (Å²) in [7, 11) is 0. The Labute approximate surface area is 170 Å². The lowest BCUT2D eigenvalue weighted by molar-refractivity contribution is -0.136. The zero-order valence-corrected chi connectivity index (χ0v) is 16.8. The van der Waals surface area contributed by atoms with Crippen molar-refractivity contribution >= 4 is 29.2 Å². The second-order valence-electron chi connectivity index (χ2n) is 8.10. The van der Waals surface area contributed by atoms with E-state index in [0.717, 1.165) is 42.9 Å². The van der Waals surface area contributed by atoms with Crippen molar-refractivity contribution in [2.24, 2.45) is 5.92 Å². The van der Waals surface area contributed by atoms with Gasteiger partial charge in [0.1, 0.15) is 12.1 Å². The third-order valence-electron chi connectivity index (χ3n) is 6.33. The molecule has 1 saturated carbocycles. The van der Waals surface area contributed by atoms with Crippen LogP contribution in [-0.4, -0.2) is 61.1 Å². The first-order chi connectivity index (χ1) is 14.0. The summed E-state index contributed by atoms with van der Waals surface area (Å²) in [6.07, 6.45) is 3.50. The number of ether oxygens (including phenoxy) is 1. The highest BCUT2D eigenvalue weighted by atomic mass is 16.5. The topological polar surface area (TPSA) is 91.0 Å². The fourth-order valence-corrected chi connectivity index (χ4v) is 4.63. The number of amides is 4. The number of morpholine rings is 1. The van der Waals surface area contributed by atoms with E-state index in [1.54, 1.807) is 0 Å². The van der Waals surface area contributed by atoms with Gasteiger partial charge in [-0.15, -0.1) is 0 Å². The zero-order valence-electron chi connectivity index (χ0n) is 16.8. The Bertz CT molecular complexity index is 808. The van der Waals surface area contributed by atoms with E-state index in [4.69, 9.17) is 4.74 Å². The number of para-hydroxylation sites is 2. The quantitative estimate of drug-likeness (QED) is 0.754. The summed E-state index contributed by atoms with van der Waals surface area (Å²) in [5.74, 6) is -0.580. The Kier molecular flexibility index (Phi) is 5.45. The molecule has 8 nitrogen and oxygen atoms in total. The number of imide groups is 1. The highest BCUT2D eigenvalue weighted by molar-refractivity contribution is 6.10. The average molecular weight is 400 g/mol. The lowest BCUT2D eigenvalue weighted by atomic mass is 9.73. The molecule has 3 aliphatic rings. The van der Waals surface area contributed by atoms with Crippen LogP contribution in [0.15, 0.2) is 24.3 Å². The predicted octanol–water partition coefficient (Wildman–Crippen LogP) is 1.96. The van der Waals surface area contributed by atoms with Gasteiger partial charge in [0.05, 0.1) is 24.6 Å². The molecular weight excluding hydrogens is 372 g/mol. The number of nitrogens with zero attached hydrogens (tertiary/aromatic N) is 2. The normalized spacial score (nSPS) is 27.3. The van der Waals surface area contributed by atoms with Gasteiger partial charge in [0.15, 0.2) is 0 Å². The Morgan fingerprint density at radius 1 is 1.24 bits per heavy atom. The second-order valence-corrected chi connectivity index (χ2v) is 8.10. The number of benzene rings is 1. The molecule has 2 atom stereocenters. The Morgan fingerprint density at radius 3 is 2.76 bits per heavy atom. The first-order valence-electron chi connectivity index (χ1n) is 10.4. The van der Waals surface area contributed by atoms with E-state index in [9.17, 15) is 14.4 Å². The summed E-state index contributed by atoms with van der Waals surface area (Å²) in [5, 5.41) is 5.77. The minimum atomic E-state index is -0.846. The molecule has 2 aliphatic heterocycles. The summed E-state index contributed by atoms with van der Waals surface area (Å²) in [6, 6.07) is 7.09. The SMILES string of the molecule is C[C@@H]1CCCC[C@]12NC(=O)N(CC(=O)Nc1ccccc1N1CCOCC1)C2=O. The molecule has 8 heteroatoms. The molecule has 2 saturated heterocycles. The molecule has 4 amide bonds. The van der Waals surface area contributed by atoms with Gasteiger partial charge in [-0.3, -0.25) is 14.5 Å². The van der Waals surface area contributed by atoms with Crippen LogP contribution in [-0.2, 0) is 14.3 Å². The van der Waals surface area contributed by atoms with Crippen molar-refractivity contribution in [3.05, 3.63) is 24.3 Å². The maximum absolute atomic E-state index is 13.0. The van der Waals surface area contributed by atoms with Gasteiger partial charge in [0, 0.05) is 13.1 Å². The van der Waals surface area contributed by atoms with Crippen LogP contribution in [0.5, 0.6) is 0 Å². The molecular formula is C21H28N4O4. The van der Waals surface area contributed by atoms with Gasteiger partial charge in [0.2, 0.25) is 5.91 Å². The Hall–Kier alpha value is -2.61. The molecule has 2 N–H and O–H groups in total. The highest BCUT2D eigenvalue weighted by Crippen LogP contribution is 2.38. The monoisotopic (exact) mass is 400 g/mol. The average Bonchev–Trinajstić information content (AvgIpc) is 2.96. The van der Waals surface area contributed by atoms with Crippen molar-refractivity contribution in [2.45, 2.75) is 38.1 Å². The summed E-state index contributed by atoms with van der Waals surface area (Å²) in [5.41, 5.74) is 0.743. The van der Waals surface area contributed by atoms with Gasteiger partial charge < -0.3 is 20.3 Å². The van der Waals surface area contributed by atoms with Gasteiger partial charge in [-0.2, -0.15) is 0 Å². The van der Waals surface area contributed by atoms with Crippen LogP contribution in [0, 0.1) is 5.92 Å². The molecule has 3 fully saturated rings. The molecule has 1 aromatic carbocycles. The molecule has 0 aromatic heterocycles. The highest BCUT2D eigenvalue weighted by Gasteiger charge is 2.55. The van der Waals surface area contributed by atoms with E-state index in [1.165, 1.54) is 0 Å². The summed E-state index contributed by atoms with van der Waals surface area (Å²) in [6.45, 7) is 4.51. The number of anilines is 2. The van der Waals surface area contributed by atoms with Crippen LogP contribution < -0.4 is 15.5 Å². The van der Waals surface area contributed by atoms with E-state index >= 15 is 0 Å². The zero-order chi connectivity index (χ0) is 20.4. The molecule has 4 rings (SSSR count). The van der Waals surface area contributed by atoms with Crippen LogP contribution in [0.2, 0.25) is 0 Å². The van der Waals surface area contributed by atoms with E-state index in [2.05, 4.69) is 15.5 Å². The lowest BCUT2D eigenvalue weighted by Gasteiger charge is -2.36. The molecule has 29 heavy (non-hydrogen) atoms. The fraction of sp³-hybridized carbons (Fsp3) is 0.571. The van der Waals surface area contributed by atoms with Crippen molar-refractivity contribution in [3.8, 4) is 0 Å². The molecule has 156 valence electrons. The van der Waals surface area contributed by atoms with E-state index in [1.807, 2.05) is 31.2 Å². The number of carbonyl (C=O) groups is 3. The predicted molar refractivity (Wildman–Crippen MR) is 109 cm³/mol. The van der Waals surface area contributed by atoms with Crippen LogP contribution in [0.4, 0.5) is 16.2 Å². The molecule has 0 bridgehead atoms. The molecule has 0 unspecified atom stereocenters. The number of hydrogen-bond acceptors (Lipinski definition) is 5. The number of nitrogens with one attached hydrogen (secondary N) is 2. The second kappa shape index (κ2) is 8.02. The smallest absolute Gasteiger partial charge is 0.325 e. The maximum atomic E-state index is 13.0. The summed E-state index contributed by atoms with van der Waals surface area (Å²) in [4.78, 5) is 41.5. The first-order valence-corrected chi connectivity index (χ1v) is 10.4. The van der Waals surface area contributed by atoms with Crippen molar-refractivity contribution in [1.29, 1.82) is 0 Å². The van der Waals surface area contributed by atoms with E-state index < -0.39 is 11.6 Å². The van der Waals surface area contributed by atoms with E-state index in [0.29, 0.717) is 25.3 Å². The largest absolute Gasteiger partial charge is 0.378 e.